The fourth-order valence-electron chi connectivity index (χ4n) is 1.94. The highest BCUT2D eigenvalue weighted by Gasteiger charge is 2.39. The van der Waals surface area contributed by atoms with Gasteiger partial charge in [0.1, 0.15) is 10.6 Å². The van der Waals surface area contributed by atoms with E-state index in [0.717, 1.165) is 5.56 Å². The molecule has 0 saturated carbocycles. The van der Waals surface area contributed by atoms with Crippen molar-refractivity contribution in [3.8, 4) is 5.75 Å². The number of ether oxygens (including phenoxy) is 2. The number of benzene rings is 1. The molecule has 2 aliphatic heterocycles. The molecule has 5 heteroatoms. The molecular formula is C12H12ClNO3. The van der Waals surface area contributed by atoms with Gasteiger partial charge in [-0.15, -0.1) is 11.6 Å². The predicted octanol–water partition coefficient (Wildman–Crippen LogP) is 1.87. The fraction of sp³-hybridized carbons (Fsp3) is 0.417. The van der Waals surface area contributed by atoms with E-state index in [9.17, 15) is 4.79 Å². The second-order valence-corrected chi connectivity index (χ2v) is 5.14. The smallest absolute Gasteiger partial charge is 0.265 e. The Kier molecular flexibility index (Phi) is 2.31. The summed E-state index contributed by atoms with van der Waals surface area (Å²) in [6.45, 7) is 2.71. The third kappa shape index (κ3) is 1.68. The van der Waals surface area contributed by atoms with Crippen molar-refractivity contribution in [3.63, 3.8) is 0 Å². The summed E-state index contributed by atoms with van der Waals surface area (Å²) in [5.41, 5.74) is 1.63. The monoisotopic (exact) mass is 253 g/mol. The lowest BCUT2D eigenvalue weighted by atomic mass is 9.95. The van der Waals surface area contributed by atoms with Gasteiger partial charge in [0.15, 0.2) is 6.10 Å². The van der Waals surface area contributed by atoms with Crippen molar-refractivity contribution in [3.05, 3.63) is 23.8 Å². The highest BCUT2D eigenvalue weighted by Crippen LogP contribution is 2.40. The van der Waals surface area contributed by atoms with E-state index < -0.39 is 11.0 Å². The number of carbonyl (C=O) groups excluding carboxylic acids is 1. The van der Waals surface area contributed by atoms with Crippen molar-refractivity contribution in [1.29, 1.82) is 0 Å². The molecule has 3 rings (SSSR count). The molecule has 1 aromatic rings. The Morgan fingerprint density at radius 3 is 2.88 bits per heavy atom. The first kappa shape index (κ1) is 10.9. The Hall–Kier alpha value is -1.26. The molecule has 1 unspecified atom stereocenters. The lowest BCUT2D eigenvalue weighted by Crippen LogP contribution is -2.42. The molecule has 1 fully saturated rings. The number of hydrogen-bond acceptors (Lipinski definition) is 3. The standard InChI is InChI=1S/C12H12ClNO3/c1-7-11(15)14-9-4-8(2-3-10(9)17-7)12(13)5-16-6-12/h2-4,7H,5-6H2,1H3,(H,14,15). The summed E-state index contributed by atoms with van der Waals surface area (Å²) in [5, 5.41) is 2.81. The number of hydrogen-bond donors (Lipinski definition) is 1. The van der Waals surface area contributed by atoms with Gasteiger partial charge in [0.25, 0.3) is 5.91 Å². The van der Waals surface area contributed by atoms with E-state index in [4.69, 9.17) is 21.1 Å². The van der Waals surface area contributed by atoms with Gasteiger partial charge in [0, 0.05) is 0 Å². The predicted molar refractivity (Wildman–Crippen MR) is 63.5 cm³/mol. The Labute approximate surface area is 104 Å². The van der Waals surface area contributed by atoms with Crippen LogP contribution in [0.5, 0.6) is 5.75 Å². The molecule has 4 nitrogen and oxygen atoms in total. The molecule has 0 radical (unpaired) electrons. The van der Waals surface area contributed by atoms with Gasteiger partial charge in [-0.3, -0.25) is 4.79 Å². The van der Waals surface area contributed by atoms with Crippen LogP contribution >= 0.6 is 11.6 Å². The number of anilines is 1. The van der Waals surface area contributed by atoms with Gasteiger partial charge < -0.3 is 14.8 Å². The molecule has 0 bridgehead atoms. The Morgan fingerprint density at radius 1 is 1.47 bits per heavy atom. The summed E-state index contributed by atoms with van der Waals surface area (Å²) in [4.78, 5) is 11.1. The zero-order valence-corrected chi connectivity index (χ0v) is 10.1. The maximum absolute atomic E-state index is 11.5. The third-order valence-corrected chi connectivity index (χ3v) is 3.53. The maximum atomic E-state index is 11.5. The number of rotatable bonds is 1. The van der Waals surface area contributed by atoms with E-state index in [0.29, 0.717) is 24.7 Å². The van der Waals surface area contributed by atoms with E-state index in [1.807, 2.05) is 18.2 Å². The summed E-state index contributed by atoms with van der Waals surface area (Å²) in [6, 6.07) is 5.61. The molecule has 1 N–H and O–H groups in total. The number of amides is 1. The zero-order chi connectivity index (χ0) is 12.0. The summed E-state index contributed by atoms with van der Waals surface area (Å²) in [7, 11) is 0. The minimum atomic E-state index is -0.456. The van der Waals surface area contributed by atoms with Crippen LogP contribution in [0.1, 0.15) is 12.5 Å². The van der Waals surface area contributed by atoms with Crippen LogP contribution < -0.4 is 10.1 Å². The van der Waals surface area contributed by atoms with E-state index in [2.05, 4.69) is 5.32 Å². The fourth-order valence-corrected chi connectivity index (χ4v) is 2.21. The molecule has 17 heavy (non-hydrogen) atoms. The molecule has 1 saturated heterocycles. The van der Waals surface area contributed by atoms with Crippen LogP contribution in [0.15, 0.2) is 18.2 Å². The van der Waals surface area contributed by atoms with Crippen molar-refractivity contribution in [2.75, 3.05) is 18.5 Å². The van der Waals surface area contributed by atoms with Crippen molar-refractivity contribution in [2.45, 2.75) is 17.9 Å². The minimum Gasteiger partial charge on any atom is -0.479 e. The molecule has 0 aromatic heterocycles. The summed E-state index contributed by atoms with van der Waals surface area (Å²) < 4.78 is 10.6. The van der Waals surface area contributed by atoms with Gasteiger partial charge in [-0.05, 0) is 24.6 Å². The second kappa shape index (κ2) is 3.62. The Balaban J connectivity index is 1.96. The number of alkyl halides is 1. The largest absolute Gasteiger partial charge is 0.479 e. The highest BCUT2D eigenvalue weighted by atomic mass is 35.5. The number of nitrogens with one attached hydrogen (secondary N) is 1. The molecule has 1 aromatic carbocycles. The van der Waals surface area contributed by atoms with Crippen LogP contribution in [-0.2, 0) is 14.4 Å². The minimum absolute atomic E-state index is 0.136. The Morgan fingerprint density at radius 2 is 2.24 bits per heavy atom. The first-order valence-corrected chi connectivity index (χ1v) is 5.85. The lowest BCUT2D eigenvalue weighted by Gasteiger charge is -2.36. The van der Waals surface area contributed by atoms with Crippen LogP contribution in [-0.4, -0.2) is 25.2 Å². The van der Waals surface area contributed by atoms with E-state index in [1.54, 1.807) is 6.92 Å². The number of halogens is 1. The lowest BCUT2D eigenvalue weighted by molar-refractivity contribution is -0.122. The van der Waals surface area contributed by atoms with Gasteiger partial charge >= 0.3 is 0 Å². The normalized spacial score (nSPS) is 25.3. The van der Waals surface area contributed by atoms with Crippen LogP contribution in [0.2, 0.25) is 0 Å². The summed E-state index contributed by atoms with van der Waals surface area (Å²) >= 11 is 6.36. The Bertz CT molecular complexity index is 485. The van der Waals surface area contributed by atoms with Crippen LogP contribution in [0.3, 0.4) is 0 Å². The van der Waals surface area contributed by atoms with Gasteiger partial charge in [0.05, 0.1) is 18.9 Å². The summed E-state index contributed by atoms with van der Waals surface area (Å²) in [6.07, 6.45) is -0.453. The first-order chi connectivity index (χ1) is 8.08. The number of carbonyl (C=O) groups is 1. The van der Waals surface area contributed by atoms with E-state index >= 15 is 0 Å². The topological polar surface area (TPSA) is 47.6 Å². The third-order valence-electron chi connectivity index (χ3n) is 3.09. The van der Waals surface area contributed by atoms with Crippen molar-refractivity contribution in [1.82, 2.24) is 0 Å². The maximum Gasteiger partial charge on any atom is 0.265 e. The second-order valence-electron chi connectivity index (χ2n) is 4.42. The molecule has 0 aliphatic carbocycles. The quantitative estimate of drug-likeness (QED) is 0.778. The van der Waals surface area contributed by atoms with Crippen LogP contribution in [0.25, 0.3) is 0 Å². The van der Waals surface area contributed by atoms with Crippen molar-refractivity contribution < 1.29 is 14.3 Å². The SMILES string of the molecule is CC1Oc2ccc(C3(Cl)COC3)cc2NC1=O. The van der Waals surface area contributed by atoms with Gasteiger partial charge in [0.2, 0.25) is 0 Å². The van der Waals surface area contributed by atoms with Crippen molar-refractivity contribution in [2.24, 2.45) is 0 Å². The van der Waals surface area contributed by atoms with Crippen LogP contribution in [0, 0.1) is 0 Å². The summed E-state index contributed by atoms with van der Waals surface area (Å²) in [5.74, 6) is 0.546. The molecule has 2 heterocycles. The first-order valence-electron chi connectivity index (χ1n) is 5.47. The molecular weight excluding hydrogens is 242 g/mol. The molecule has 1 atom stereocenters. The highest BCUT2D eigenvalue weighted by molar-refractivity contribution is 6.24. The van der Waals surface area contributed by atoms with E-state index in [-0.39, 0.29) is 5.91 Å². The van der Waals surface area contributed by atoms with Crippen LogP contribution in [0.4, 0.5) is 5.69 Å². The van der Waals surface area contributed by atoms with Gasteiger partial charge in [-0.25, -0.2) is 0 Å². The number of fused-ring (bicyclic) bond motifs is 1. The zero-order valence-electron chi connectivity index (χ0n) is 9.33. The average Bonchev–Trinajstić information content (AvgIpc) is 2.27. The molecule has 90 valence electrons. The molecule has 2 aliphatic rings. The van der Waals surface area contributed by atoms with Gasteiger partial charge in [-0.1, -0.05) is 6.07 Å². The van der Waals surface area contributed by atoms with Gasteiger partial charge in [-0.2, -0.15) is 0 Å². The average molecular weight is 254 g/mol. The molecule has 1 amide bonds. The van der Waals surface area contributed by atoms with E-state index in [1.165, 1.54) is 0 Å². The van der Waals surface area contributed by atoms with Crippen molar-refractivity contribution >= 4 is 23.2 Å². The molecule has 0 spiro atoms.